The average molecular weight is 1450 g/mol. The van der Waals surface area contributed by atoms with Crippen LogP contribution in [0.3, 0.4) is 0 Å². The van der Waals surface area contributed by atoms with E-state index in [2.05, 4.69) is 48.5 Å². The summed E-state index contributed by atoms with van der Waals surface area (Å²) in [6.45, 7) is 11.9. The van der Waals surface area contributed by atoms with Crippen LogP contribution in [0, 0.1) is 17.8 Å². The van der Waals surface area contributed by atoms with Gasteiger partial charge >= 0.3 is 39.5 Å². The third-order valence-corrected chi connectivity index (χ3v) is 20.5. The summed E-state index contributed by atoms with van der Waals surface area (Å²) in [5, 5.41) is 10.6. The van der Waals surface area contributed by atoms with Crippen LogP contribution in [-0.4, -0.2) is 96.7 Å². The molecule has 3 N–H and O–H groups in total. The summed E-state index contributed by atoms with van der Waals surface area (Å²) >= 11 is 0. The fourth-order valence-electron chi connectivity index (χ4n) is 12.3. The highest BCUT2D eigenvalue weighted by Gasteiger charge is 2.30. The second kappa shape index (κ2) is 70.4. The normalized spacial score (nSPS) is 14.0. The Labute approximate surface area is 607 Å². The van der Waals surface area contributed by atoms with Crippen LogP contribution in [0.2, 0.25) is 0 Å². The molecule has 0 radical (unpaired) electrons. The lowest BCUT2D eigenvalue weighted by Gasteiger charge is -2.21. The van der Waals surface area contributed by atoms with E-state index in [1.165, 1.54) is 218 Å². The van der Waals surface area contributed by atoms with E-state index in [4.69, 9.17) is 37.0 Å². The van der Waals surface area contributed by atoms with Gasteiger partial charge in [-0.3, -0.25) is 37.3 Å². The van der Waals surface area contributed by atoms with Crippen LogP contribution in [-0.2, 0) is 65.4 Å². The summed E-state index contributed by atoms with van der Waals surface area (Å²) in [5.41, 5.74) is 0. The van der Waals surface area contributed by atoms with Gasteiger partial charge in [-0.05, 0) is 43.4 Å². The fraction of sp³-hybridized carbons (Fsp3) is 0.950. The monoisotopic (exact) mass is 1450 g/mol. The highest BCUT2D eigenvalue weighted by atomic mass is 31.2. The molecule has 0 aliphatic carbocycles. The number of esters is 4. The van der Waals surface area contributed by atoms with Crippen molar-refractivity contribution in [2.24, 2.45) is 17.8 Å². The van der Waals surface area contributed by atoms with E-state index in [1.54, 1.807) is 0 Å². The van der Waals surface area contributed by atoms with Crippen molar-refractivity contribution in [2.75, 3.05) is 39.6 Å². The molecule has 0 aliphatic heterocycles. The number of hydrogen-bond acceptors (Lipinski definition) is 15. The Balaban J connectivity index is 5.18. The van der Waals surface area contributed by atoms with Gasteiger partial charge in [-0.25, -0.2) is 9.13 Å². The molecule has 0 fully saturated rings. The molecule has 0 aliphatic rings. The molecule has 5 atom stereocenters. The zero-order chi connectivity index (χ0) is 73.0. The van der Waals surface area contributed by atoms with E-state index in [-0.39, 0.29) is 25.7 Å². The highest BCUT2D eigenvalue weighted by molar-refractivity contribution is 7.47. The minimum atomic E-state index is -4.96. The Hall–Kier alpha value is -1.94. The molecule has 17 nitrogen and oxygen atoms in total. The Kier molecular flexibility index (Phi) is 69.0. The number of phosphoric acid groups is 2. The van der Waals surface area contributed by atoms with Crippen LogP contribution in [0.15, 0.2) is 0 Å². The third kappa shape index (κ3) is 74.1. The number of hydrogen-bond donors (Lipinski definition) is 3. The first-order chi connectivity index (χ1) is 47.7. The summed E-state index contributed by atoms with van der Waals surface area (Å²) in [6.07, 6.45) is 58.6. The van der Waals surface area contributed by atoms with Gasteiger partial charge < -0.3 is 33.8 Å². The van der Waals surface area contributed by atoms with Crippen molar-refractivity contribution >= 4 is 39.5 Å². The van der Waals surface area contributed by atoms with Crippen molar-refractivity contribution in [2.45, 2.75) is 433 Å². The number of aliphatic hydroxyl groups excluding tert-OH is 1. The molecule has 0 saturated heterocycles. The van der Waals surface area contributed by atoms with Gasteiger partial charge in [0.2, 0.25) is 0 Å². The number of carbonyl (C=O) groups is 4. The standard InChI is InChI=1S/C80H156O17P2/c1-8-9-10-11-12-13-34-40-49-56-63-79(84)97-76(68-91-78(83)62-55-48-43-42-46-53-60-73(6)7)70-95-99(88,89)93-66-74(81)65-92-98(86,87)94-69-75(67-90-77(82)61-54-47-39-35-30-26-22-19-18-21-25-29-33-38-45-52-59-72(4)5)96-80(85)64-57-50-41-36-31-27-23-17-15-14-16-20-24-28-32-37-44-51-58-71(2)3/h71-76,81H,8-70H2,1-7H3,(H,86,87)(H,88,89)/t74-,75-,76-/m1/s1. The predicted octanol–water partition coefficient (Wildman–Crippen LogP) is 23.7. The van der Waals surface area contributed by atoms with E-state index in [9.17, 15) is 43.2 Å². The van der Waals surface area contributed by atoms with Crippen LogP contribution in [0.4, 0.5) is 0 Å². The van der Waals surface area contributed by atoms with Crippen molar-refractivity contribution in [1.29, 1.82) is 0 Å². The van der Waals surface area contributed by atoms with E-state index in [0.29, 0.717) is 31.6 Å². The van der Waals surface area contributed by atoms with Crippen molar-refractivity contribution in [3.63, 3.8) is 0 Å². The van der Waals surface area contributed by atoms with Gasteiger partial charge in [0.1, 0.15) is 19.3 Å². The number of aliphatic hydroxyl groups is 1. The number of unbranched alkanes of at least 4 members (excludes halogenated alkanes) is 46. The molecule has 99 heavy (non-hydrogen) atoms. The molecule has 0 bridgehead atoms. The van der Waals surface area contributed by atoms with Crippen molar-refractivity contribution in [3.05, 3.63) is 0 Å². The Morgan fingerprint density at radius 2 is 0.465 bits per heavy atom. The van der Waals surface area contributed by atoms with Crippen molar-refractivity contribution in [1.82, 2.24) is 0 Å². The smallest absolute Gasteiger partial charge is 0.462 e. The second-order valence-corrected chi connectivity index (χ2v) is 33.1. The van der Waals surface area contributed by atoms with Gasteiger partial charge in [-0.2, -0.15) is 0 Å². The molecule has 0 saturated carbocycles. The molecular weight excluding hydrogens is 1290 g/mol. The van der Waals surface area contributed by atoms with Crippen LogP contribution in [0.5, 0.6) is 0 Å². The largest absolute Gasteiger partial charge is 0.472 e. The first-order valence-electron chi connectivity index (χ1n) is 41.3. The maximum atomic E-state index is 13.1. The molecule has 0 aromatic heterocycles. The second-order valence-electron chi connectivity index (χ2n) is 30.2. The molecular formula is C80H156O17P2. The molecule has 0 amide bonds. The lowest BCUT2D eigenvalue weighted by molar-refractivity contribution is -0.161. The minimum absolute atomic E-state index is 0.105. The maximum absolute atomic E-state index is 13.1. The fourth-order valence-corrected chi connectivity index (χ4v) is 13.9. The maximum Gasteiger partial charge on any atom is 0.472 e. The first kappa shape index (κ1) is 97.1. The van der Waals surface area contributed by atoms with Crippen LogP contribution < -0.4 is 0 Å². The van der Waals surface area contributed by atoms with Gasteiger partial charge in [0.05, 0.1) is 26.4 Å². The zero-order valence-corrected chi connectivity index (χ0v) is 66.8. The van der Waals surface area contributed by atoms with Gasteiger partial charge in [-0.15, -0.1) is 0 Å². The highest BCUT2D eigenvalue weighted by Crippen LogP contribution is 2.45. The van der Waals surface area contributed by atoms with E-state index < -0.39 is 97.5 Å². The van der Waals surface area contributed by atoms with E-state index >= 15 is 0 Å². The lowest BCUT2D eigenvalue weighted by Crippen LogP contribution is -2.30. The topological polar surface area (TPSA) is 237 Å². The molecule has 588 valence electrons. The summed E-state index contributed by atoms with van der Waals surface area (Å²) in [7, 11) is -9.91. The van der Waals surface area contributed by atoms with E-state index in [0.717, 1.165) is 108 Å². The minimum Gasteiger partial charge on any atom is -0.462 e. The van der Waals surface area contributed by atoms with Gasteiger partial charge in [0.15, 0.2) is 12.2 Å². The van der Waals surface area contributed by atoms with Crippen LogP contribution in [0.25, 0.3) is 0 Å². The molecule has 19 heteroatoms. The molecule has 0 spiro atoms. The first-order valence-corrected chi connectivity index (χ1v) is 44.3. The Morgan fingerprint density at radius 1 is 0.273 bits per heavy atom. The number of phosphoric ester groups is 2. The van der Waals surface area contributed by atoms with Gasteiger partial charge in [-0.1, -0.05) is 363 Å². The average Bonchev–Trinajstić information content (AvgIpc) is 0.995. The predicted molar refractivity (Wildman–Crippen MR) is 405 cm³/mol. The molecule has 0 rings (SSSR count). The van der Waals surface area contributed by atoms with Crippen molar-refractivity contribution < 1.29 is 80.2 Å². The molecule has 2 unspecified atom stereocenters. The Morgan fingerprint density at radius 3 is 0.687 bits per heavy atom. The van der Waals surface area contributed by atoms with E-state index in [1.807, 2.05) is 0 Å². The molecule has 0 heterocycles. The van der Waals surface area contributed by atoms with Crippen molar-refractivity contribution in [3.8, 4) is 0 Å². The van der Waals surface area contributed by atoms with Gasteiger partial charge in [0, 0.05) is 25.7 Å². The SMILES string of the molecule is CCCCCCCCCCCCC(=O)O[C@H](COC(=O)CCCCCCCCC(C)C)COP(=O)(O)OC[C@H](O)COP(=O)(O)OC[C@@H](COC(=O)CCCCCCCCCCCCCCCCCCC(C)C)OC(=O)CCCCCCCCCCCCCCCCCCCCC(C)C. The molecule has 0 aromatic rings. The number of rotatable bonds is 78. The zero-order valence-electron chi connectivity index (χ0n) is 65.0. The molecule has 0 aromatic carbocycles. The summed E-state index contributed by atoms with van der Waals surface area (Å²) < 4.78 is 68.6. The lowest BCUT2D eigenvalue weighted by atomic mass is 10.0. The van der Waals surface area contributed by atoms with Crippen LogP contribution in [0.1, 0.15) is 414 Å². The summed E-state index contributed by atoms with van der Waals surface area (Å²) in [4.78, 5) is 72.8. The Bertz CT molecular complexity index is 1920. The van der Waals surface area contributed by atoms with Crippen LogP contribution >= 0.6 is 15.6 Å². The third-order valence-electron chi connectivity index (χ3n) is 18.6. The summed E-state index contributed by atoms with van der Waals surface area (Å²) in [5.74, 6) is 0.197. The number of carbonyl (C=O) groups excluding carboxylic acids is 4. The quantitative estimate of drug-likeness (QED) is 0.0222. The van der Waals surface area contributed by atoms with Gasteiger partial charge in [0.25, 0.3) is 0 Å². The summed E-state index contributed by atoms with van der Waals surface area (Å²) in [6, 6.07) is 0. The number of ether oxygens (including phenoxy) is 4.